The van der Waals surface area contributed by atoms with Crippen LogP contribution in [0.2, 0.25) is 0 Å². The molecule has 0 aromatic heterocycles. The maximum atomic E-state index is 11.6. The van der Waals surface area contributed by atoms with Gasteiger partial charge in [0.2, 0.25) is 0 Å². The molecule has 1 aromatic rings. The quantitative estimate of drug-likeness (QED) is 0.705. The largest absolute Gasteiger partial charge is 0.324 e. The fourth-order valence-corrected chi connectivity index (χ4v) is 2.11. The van der Waals surface area contributed by atoms with Crippen molar-refractivity contribution in [2.75, 3.05) is 6.54 Å². The van der Waals surface area contributed by atoms with Crippen LogP contribution in [-0.4, -0.2) is 12.3 Å². The summed E-state index contributed by atoms with van der Waals surface area (Å²) in [6.07, 6.45) is 1.56. The fraction of sp³-hybridized carbons (Fsp3) is 0.364. The Hall–Kier alpha value is -1.19. The van der Waals surface area contributed by atoms with E-state index in [0.717, 1.165) is 12.0 Å². The molecule has 0 bridgehead atoms. The summed E-state index contributed by atoms with van der Waals surface area (Å²) in [7, 11) is 0. The Morgan fingerprint density at radius 2 is 2.14 bits per heavy atom. The van der Waals surface area contributed by atoms with Crippen molar-refractivity contribution in [3.8, 4) is 0 Å². The molecule has 1 aliphatic carbocycles. The number of Topliss-reactive ketones (excluding diaryl/α,β-unsaturated/α-hetero) is 1. The Bertz CT molecular complexity index is 375. The third-order valence-corrected chi connectivity index (χ3v) is 2.97. The van der Waals surface area contributed by atoms with Gasteiger partial charge in [-0.1, -0.05) is 24.3 Å². The Kier molecular flexibility index (Phi) is 2.13. The van der Waals surface area contributed by atoms with Crippen molar-refractivity contribution in [2.45, 2.75) is 18.4 Å². The molecule has 0 aliphatic heterocycles. The zero-order chi connectivity index (χ0) is 10.2. The number of carbonyl (C=O) groups is 1. The normalized spacial score (nSPS) is 24.7. The number of fused-ring (bicyclic) bond motifs is 1. The van der Waals surface area contributed by atoms with Crippen LogP contribution in [0.1, 0.15) is 17.5 Å². The molecule has 3 nitrogen and oxygen atoms in total. The topological polar surface area (TPSA) is 69.1 Å². The van der Waals surface area contributed by atoms with Crippen molar-refractivity contribution in [1.29, 1.82) is 0 Å². The van der Waals surface area contributed by atoms with Gasteiger partial charge >= 0.3 is 0 Å². The number of ketones is 1. The van der Waals surface area contributed by atoms with Crippen molar-refractivity contribution >= 4 is 5.78 Å². The van der Waals surface area contributed by atoms with Crippen LogP contribution in [0.3, 0.4) is 0 Å². The van der Waals surface area contributed by atoms with E-state index in [1.165, 1.54) is 5.56 Å². The van der Waals surface area contributed by atoms with Gasteiger partial charge in [-0.05, 0) is 24.0 Å². The van der Waals surface area contributed by atoms with Crippen molar-refractivity contribution in [2.24, 2.45) is 11.5 Å². The number of carbonyl (C=O) groups excluding carboxylic acids is 1. The highest BCUT2D eigenvalue weighted by atomic mass is 16.1. The van der Waals surface area contributed by atoms with Gasteiger partial charge in [-0.25, -0.2) is 0 Å². The smallest absolute Gasteiger partial charge is 0.170 e. The van der Waals surface area contributed by atoms with E-state index in [4.69, 9.17) is 11.5 Å². The molecule has 1 aliphatic rings. The van der Waals surface area contributed by atoms with Crippen LogP contribution in [0.5, 0.6) is 0 Å². The summed E-state index contributed by atoms with van der Waals surface area (Å²) in [4.78, 5) is 11.6. The minimum absolute atomic E-state index is 0.0187. The lowest BCUT2D eigenvalue weighted by atomic mass is 9.88. The van der Waals surface area contributed by atoms with Crippen LogP contribution in [0.15, 0.2) is 24.3 Å². The summed E-state index contributed by atoms with van der Waals surface area (Å²) in [5.74, 6) is -0.0672. The monoisotopic (exact) mass is 190 g/mol. The number of rotatable bonds is 2. The highest BCUT2D eigenvalue weighted by Crippen LogP contribution is 2.34. The Morgan fingerprint density at radius 1 is 1.43 bits per heavy atom. The van der Waals surface area contributed by atoms with E-state index in [0.29, 0.717) is 6.42 Å². The predicted molar refractivity (Wildman–Crippen MR) is 54.7 cm³/mol. The van der Waals surface area contributed by atoms with E-state index in [2.05, 4.69) is 0 Å². The first-order chi connectivity index (χ1) is 6.68. The Balaban J connectivity index is 2.47. The van der Waals surface area contributed by atoms with Gasteiger partial charge in [0, 0.05) is 0 Å². The van der Waals surface area contributed by atoms with Crippen LogP contribution in [0.25, 0.3) is 0 Å². The van der Waals surface area contributed by atoms with Gasteiger partial charge in [-0.15, -0.1) is 0 Å². The standard InChI is InChI=1S/C11H14N2O/c12-7-10(14)11(13)6-5-8-3-1-2-4-9(8)11/h1-4H,5-7,12-13H2. The third-order valence-electron chi connectivity index (χ3n) is 2.97. The van der Waals surface area contributed by atoms with Crippen molar-refractivity contribution in [3.05, 3.63) is 35.4 Å². The highest BCUT2D eigenvalue weighted by Gasteiger charge is 2.40. The molecule has 1 atom stereocenters. The first-order valence-electron chi connectivity index (χ1n) is 4.79. The number of hydrogen-bond donors (Lipinski definition) is 2. The van der Waals surface area contributed by atoms with Crippen LogP contribution in [0, 0.1) is 0 Å². The number of aryl methyl sites for hydroxylation is 1. The van der Waals surface area contributed by atoms with Gasteiger partial charge < -0.3 is 11.5 Å². The average molecular weight is 190 g/mol. The van der Waals surface area contributed by atoms with E-state index in [-0.39, 0.29) is 12.3 Å². The number of nitrogens with two attached hydrogens (primary N) is 2. The molecule has 14 heavy (non-hydrogen) atoms. The van der Waals surface area contributed by atoms with Gasteiger partial charge in [0.05, 0.1) is 6.54 Å². The van der Waals surface area contributed by atoms with Gasteiger partial charge in [-0.2, -0.15) is 0 Å². The van der Waals surface area contributed by atoms with Crippen molar-refractivity contribution in [1.82, 2.24) is 0 Å². The van der Waals surface area contributed by atoms with E-state index in [1.54, 1.807) is 0 Å². The Labute approximate surface area is 83.1 Å². The second-order valence-electron chi connectivity index (χ2n) is 3.76. The summed E-state index contributed by atoms with van der Waals surface area (Å²) >= 11 is 0. The van der Waals surface area contributed by atoms with Gasteiger partial charge in [0.1, 0.15) is 5.54 Å². The number of benzene rings is 1. The maximum Gasteiger partial charge on any atom is 0.170 e. The fourth-order valence-electron chi connectivity index (χ4n) is 2.11. The second kappa shape index (κ2) is 3.19. The Morgan fingerprint density at radius 3 is 2.86 bits per heavy atom. The van der Waals surface area contributed by atoms with Gasteiger partial charge in [0.15, 0.2) is 5.78 Å². The molecule has 0 amide bonds. The molecule has 2 rings (SSSR count). The van der Waals surface area contributed by atoms with Crippen molar-refractivity contribution < 1.29 is 4.79 Å². The van der Waals surface area contributed by atoms with Crippen LogP contribution >= 0.6 is 0 Å². The second-order valence-corrected chi connectivity index (χ2v) is 3.76. The lowest BCUT2D eigenvalue weighted by Gasteiger charge is -2.22. The van der Waals surface area contributed by atoms with E-state index >= 15 is 0 Å². The molecular formula is C11H14N2O. The van der Waals surface area contributed by atoms with Crippen molar-refractivity contribution in [3.63, 3.8) is 0 Å². The molecule has 4 N–H and O–H groups in total. The first-order valence-corrected chi connectivity index (χ1v) is 4.79. The summed E-state index contributed by atoms with van der Waals surface area (Å²) < 4.78 is 0. The van der Waals surface area contributed by atoms with Crippen LogP contribution < -0.4 is 11.5 Å². The summed E-state index contributed by atoms with van der Waals surface area (Å²) in [6.45, 7) is 0.0187. The summed E-state index contributed by atoms with van der Waals surface area (Å²) in [5, 5.41) is 0. The summed E-state index contributed by atoms with van der Waals surface area (Å²) in [6, 6.07) is 7.83. The van der Waals surface area contributed by atoms with Crippen LogP contribution in [0.4, 0.5) is 0 Å². The summed E-state index contributed by atoms with van der Waals surface area (Å²) in [5.41, 5.74) is 12.8. The number of hydrogen-bond acceptors (Lipinski definition) is 3. The minimum Gasteiger partial charge on any atom is -0.324 e. The van der Waals surface area contributed by atoms with E-state index in [1.807, 2.05) is 24.3 Å². The molecule has 0 spiro atoms. The van der Waals surface area contributed by atoms with E-state index < -0.39 is 5.54 Å². The first kappa shape index (κ1) is 9.37. The van der Waals surface area contributed by atoms with Gasteiger partial charge in [0.25, 0.3) is 0 Å². The molecule has 74 valence electrons. The molecule has 0 heterocycles. The lowest BCUT2D eigenvalue weighted by Crippen LogP contribution is -2.46. The molecule has 0 saturated heterocycles. The molecule has 3 heteroatoms. The lowest BCUT2D eigenvalue weighted by molar-refractivity contribution is -0.123. The maximum absolute atomic E-state index is 11.6. The minimum atomic E-state index is -0.828. The molecule has 1 unspecified atom stereocenters. The molecule has 0 radical (unpaired) electrons. The predicted octanol–water partition coefficient (Wildman–Crippen LogP) is 0.315. The SMILES string of the molecule is NCC(=O)C1(N)CCc2ccccc21. The molecule has 0 saturated carbocycles. The van der Waals surface area contributed by atoms with Gasteiger partial charge in [-0.3, -0.25) is 4.79 Å². The molecule has 1 aromatic carbocycles. The zero-order valence-corrected chi connectivity index (χ0v) is 7.99. The zero-order valence-electron chi connectivity index (χ0n) is 7.99. The average Bonchev–Trinajstić information content (AvgIpc) is 2.58. The molecule has 0 fully saturated rings. The highest BCUT2D eigenvalue weighted by molar-refractivity contribution is 5.92. The third kappa shape index (κ3) is 1.17. The molecular weight excluding hydrogens is 176 g/mol. The van der Waals surface area contributed by atoms with Crippen LogP contribution in [-0.2, 0) is 16.8 Å². The van der Waals surface area contributed by atoms with E-state index in [9.17, 15) is 4.79 Å².